The lowest BCUT2D eigenvalue weighted by Crippen LogP contribution is -2.41. The molecule has 0 aliphatic carbocycles. The van der Waals surface area contributed by atoms with Gasteiger partial charge in [0.15, 0.2) is 0 Å². The van der Waals surface area contributed by atoms with Gasteiger partial charge in [0, 0.05) is 5.54 Å². The van der Waals surface area contributed by atoms with Crippen LogP contribution < -0.4 is 5.73 Å². The summed E-state index contributed by atoms with van der Waals surface area (Å²) in [5, 5.41) is 12.2. The fraction of sp³-hybridized carbons (Fsp3) is 1.00. The summed E-state index contributed by atoms with van der Waals surface area (Å²) in [6, 6.07) is 0. The van der Waals surface area contributed by atoms with Crippen LogP contribution in [0.4, 0.5) is 0 Å². The molecule has 62 valence electrons. The smallest absolute Gasteiger partial charge is 0.00449 e. The van der Waals surface area contributed by atoms with Crippen molar-refractivity contribution in [2.24, 2.45) is 5.73 Å². The van der Waals surface area contributed by atoms with Crippen molar-refractivity contribution in [2.45, 2.75) is 32.7 Å². The molecule has 0 bridgehead atoms. The van der Waals surface area contributed by atoms with Crippen LogP contribution in [0.5, 0.6) is 0 Å². The Bertz CT molecular complexity index is 93.6. The zero-order chi connectivity index (χ0) is 8.20. The molecule has 0 radical (unpaired) electrons. The molecule has 0 aromatic heterocycles. The van der Waals surface area contributed by atoms with Gasteiger partial charge in [0.2, 0.25) is 0 Å². The summed E-state index contributed by atoms with van der Waals surface area (Å²) in [6.45, 7) is 6.79. The molecule has 0 amide bonds. The van der Waals surface area contributed by atoms with E-state index in [9.17, 15) is 5.21 Å². The number of hydrogen-bond acceptors (Lipinski definition) is 3. The Morgan fingerprint density at radius 1 is 1.50 bits per heavy atom. The lowest BCUT2D eigenvalue weighted by atomic mass is 10.0. The van der Waals surface area contributed by atoms with Crippen LogP contribution in [-0.2, 0) is 0 Å². The van der Waals surface area contributed by atoms with Gasteiger partial charge in [0.25, 0.3) is 0 Å². The molecule has 0 aromatic carbocycles. The SMILES string of the molecule is CCN([O-])C(C)(C)CCN. The Kier molecular flexibility index (Phi) is 3.86. The van der Waals surface area contributed by atoms with Crippen LogP contribution in [0.25, 0.3) is 0 Å². The van der Waals surface area contributed by atoms with E-state index in [2.05, 4.69) is 0 Å². The monoisotopic (exact) mass is 145 g/mol. The third-order valence-corrected chi connectivity index (χ3v) is 1.72. The van der Waals surface area contributed by atoms with Crippen molar-refractivity contribution in [3.05, 3.63) is 5.21 Å². The van der Waals surface area contributed by atoms with Crippen LogP contribution in [0, 0.1) is 5.21 Å². The molecule has 0 saturated heterocycles. The number of nitrogens with two attached hydrogens (primary N) is 1. The standard InChI is InChI=1S/C7H17N2O/c1-4-9(10)7(2,3)5-6-8/h4-6,8H2,1-3H3/q-1. The Hall–Kier alpha value is -0.120. The zero-order valence-corrected chi connectivity index (χ0v) is 7.05. The van der Waals surface area contributed by atoms with Gasteiger partial charge in [-0.1, -0.05) is 6.92 Å². The molecular formula is C7H17N2O-. The molecule has 0 rings (SSSR count). The Morgan fingerprint density at radius 3 is 2.30 bits per heavy atom. The second-order valence-corrected chi connectivity index (χ2v) is 3.05. The molecule has 0 aliphatic rings. The molecule has 3 heteroatoms. The summed E-state index contributed by atoms with van der Waals surface area (Å²) in [5.74, 6) is 0. The van der Waals surface area contributed by atoms with Crippen LogP contribution in [0.1, 0.15) is 27.2 Å². The molecule has 3 nitrogen and oxygen atoms in total. The first-order valence-electron chi connectivity index (χ1n) is 3.69. The summed E-state index contributed by atoms with van der Waals surface area (Å²) >= 11 is 0. The topological polar surface area (TPSA) is 52.3 Å². The van der Waals surface area contributed by atoms with E-state index in [1.165, 1.54) is 0 Å². The van der Waals surface area contributed by atoms with Crippen molar-refractivity contribution in [3.8, 4) is 0 Å². The fourth-order valence-electron chi connectivity index (χ4n) is 0.906. The summed E-state index contributed by atoms with van der Waals surface area (Å²) in [4.78, 5) is 0. The number of hydroxylamine groups is 2. The summed E-state index contributed by atoms with van der Waals surface area (Å²) in [6.07, 6.45) is 0.754. The van der Waals surface area contributed by atoms with E-state index < -0.39 is 0 Å². The highest BCUT2D eigenvalue weighted by molar-refractivity contribution is 4.81. The maximum absolute atomic E-state index is 11.1. The van der Waals surface area contributed by atoms with E-state index in [0.717, 1.165) is 11.5 Å². The molecule has 0 heterocycles. The van der Waals surface area contributed by atoms with Gasteiger partial charge in [-0.05, 0) is 33.4 Å². The van der Waals surface area contributed by atoms with E-state index >= 15 is 0 Å². The molecular weight excluding hydrogens is 128 g/mol. The van der Waals surface area contributed by atoms with E-state index in [4.69, 9.17) is 5.73 Å². The maximum Gasteiger partial charge on any atom is 0.00449 e. The third kappa shape index (κ3) is 2.64. The van der Waals surface area contributed by atoms with E-state index in [-0.39, 0.29) is 5.54 Å². The average molecular weight is 145 g/mol. The minimum absolute atomic E-state index is 0.288. The Labute approximate surface area is 62.8 Å². The van der Waals surface area contributed by atoms with Crippen LogP contribution in [0.15, 0.2) is 0 Å². The highest BCUT2D eigenvalue weighted by Gasteiger charge is 2.16. The van der Waals surface area contributed by atoms with Gasteiger partial charge >= 0.3 is 0 Å². The maximum atomic E-state index is 11.1. The summed E-state index contributed by atoms with van der Waals surface area (Å²) in [7, 11) is 0. The largest absolute Gasteiger partial charge is 0.785 e. The second-order valence-electron chi connectivity index (χ2n) is 3.05. The summed E-state index contributed by atoms with van der Waals surface area (Å²) in [5.41, 5.74) is 5.05. The molecule has 0 fully saturated rings. The first-order chi connectivity index (χ1) is 4.54. The van der Waals surface area contributed by atoms with Crippen molar-refractivity contribution in [1.82, 2.24) is 5.06 Å². The fourth-order valence-corrected chi connectivity index (χ4v) is 0.906. The van der Waals surface area contributed by atoms with Gasteiger partial charge in [-0.2, -0.15) is 0 Å². The average Bonchev–Trinajstić information content (AvgIpc) is 1.86. The molecule has 0 saturated carbocycles. The zero-order valence-electron chi connectivity index (χ0n) is 7.05. The number of hydrogen-bond donors (Lipinski definition) is 1. The van der Waals surface area contributed by atoms with E-state index in [1.807, 2.05) is 20.8 Å². The first-order valence-corrected chi connectivity index (χ1v) is 3.69. The van der Waals surface area contributed by atoms with E-state index in [1.54, 1.807) is 0 Å². The van der Waals surface area contributed by atoms with Crippen LogP contribution in [0.3, 0.4) is 0 Å². The van der Waals surface area contributed by atoms with E-state index in [0.29, 0.717) is 13.1 Å². The lowest BCUT2D eigenvalue weighted by molar-refractivity contribution is 0.184. The highest BCUT2D eigenvalue weighted by Crippen LogP contribution is 2.15. The van der Waals surface area contributed by atoms with Crippen LogP contribution >= 0.6 is 0 Å². The molecule has 0 atom stereocenters. The van der Waals surface area contributed by atoms with Gasteiger partial charge in [-0.3, -0.25) is 0 Å². The van der Waals surface area contributed by atoms with Gasteiger partial charge in [-0.25, -0.2) is 0 Å². The van der Waals surface area contributed by atoms with Crippen molar-refractivity contribution in [1.29, 1.82) is 0 Å². The van der Waals surface area contributed by atoms with Crippen molar-refractivity contribution < 1.29 is 0 Å². The number of nitrogens with zero attached hydrogens (tertiary/aromatic N) is 1. The predicted molar refractivity (Wildman–Crippen MR) is 43.5 cm³/mol. The van der Waals surface area contributed by atoms with Crippen molar-refractivity contribution in [2.75, 3.05) is 13.1 Å². The quantitative estimate of drug-likeness (QED) is 0.599. The molecule has 0 unspecified atom stereocenters. The number of rotatable bonds is 4. The molecule has 0 spiro atoms. The first kappa shape index (κ1) is 9.88. The lowest BCUT2D eigenvalue weighted by Gasteiger charge is -2.43. The van der Waals surface area contributed by atoms with Crippen molar-refractivity contribution >= 4 is 0 Å². The summed E-state index contributed by atoms with van der Waals surface area (Å²) < 4.78 is 0. The molecule has 2 N–H and O–H groups in total. The Morgan fingerprint density at radius 2 is 2.00 bits per heavy atom. The molecule has 0 aliphatic heterocycles. The molecule has 0 aromatic rings. The minimum Gasteiger partial charge on any atom is -0.785 e. The van der Waals surface area contributed by atoms with Gasteiger partial charge in [-0.15, -0.1) is 0 Å². The van der Waals surface area contributed by atoms with Gasteiger partial charge in [0.1, 0.15) is 0 Å². The van der Waals surface area contributed by atoms with Crippen LogP contribution in [0.2, 0.25) is 0 Å². The predicted octanol–water partition coefficient (Wildman–Crippen LogP) is 0.933. The normalized spacial score (nSPS) is 12.6. The Balaban J connectivity index is 3.82. The molecule has 10 heavy (non-hydrogen) atoms. The van der Waals surface area contributed by atoms with Gasteiger partial charge < -0.3 is 16.0 Å². The second kappa shape index (κ2) is 3.91. The third-order valence-electron chi connectivity index (χ3n) is 1.72. The van der Waals surface area contributed by atoms with Crippen molar-refractivity contribution in [3.63, 3.8) is 0 Å². The van der Waals surface area contributed by atoms with Gasteiger partial charge in [0.05, 0.1) is 0 Å². The highest BCUT2D eigenvalue weighted by atomic mass is 16.5. The van der Waals surface area contributed by atoms with Crippen LogP contribution in [-0.4, -0.2) is 23.7 Å². The minimum atomic E-state index is -0.288.